The third-order valence-corrected chi connectivity index (χ3v) is 30.9. The summed E-state index contributed by atoms with van der Waals surface area (Å²) in [5.41, 5.74) is 16.8. The van der Waals surface area contributed by atoms with E-state index in [2.05, 4.69) is 146 Å². The molecule has 4 amide bonds. The summed E-state index contributed by atoms with van der Waals surface area (Å²) in [7, 11) is 0. The van der Waals surface area contributed by atoms with Gasteiger partial charge in [-0.3, -0.25) is 67.2 Å². The van der Waals surface area contributed by atoms with Gasteiger partial charge in [-0.05, 0) is 244 Å². The fourth-order valence-corrected chi connectivity index (χ4v) is 22.7. The van der Waals surface area contributed by atoms with Crippen molar-refractivity contribution in [3.8, 4) is 22.3 Å². The van der Waals surface area contributed by atoms with E-state index in [1.165, 1.54) is 96.1 Å². The molecule has 4 aliphatic heterocycles. The summed E-state index contributed by atoms with van der Waals surface area (Å²) in [5.74, 6) is -5.53. The number of fused-ring (bicyclic) bond motifs is 6. The number of ketones is 1. The van der Waals surface area contributed by atoms with E-state index in [9.17, 15) is 61.1 Å². The number of hydrogen-bond donors (Lipinski definition) is 5. The Bertz CT molecular complexity index is 7280. The number of esters is 3. The number of aromatic nitrogens is 8. The average molecular weight is 2530 g/mol. The van der Waals surface area contributed by atoms with Gasteiger partial charge >= 0.3 is 29.7 Å². The van der Waals surface area contributed by atoms with Crippen LogP contribution in [0.5, 0.6) is 0 Å². The lowest BCUT2D eigenvalue weighted by Crippen LogP contribution is -2.44. The van der Waals surface area contributed by atoms with Crippen LogP contribution < -0.4 is 22.1 Å². The predicted molar refractivity (Wildman–Crippen MR) is 592 cm³/mol. The van der Waals surface area contributed by atoms with E-state index >= 15 is 4.39 Å². The number of aliphatic imine (C=N–C) groups is 2. The minimum Gasteiger partial charge on any atom is -0.480 e. The van der Waals surface area contributed by atoms with Crippen LogP contribution in [0, 0.1) is 21.9 Å². The van der Waals surface area contributed by atoms with Crippen molar-refractivity contribution in [3.63, 3.8) is 0 Å². The van der Waals surface area contributed by atoms with Crippen molar-refractivity contribution in [2.75, 3.05) is 23.7 Å². The number of nitrogens with two attached hydrogens (primary N) is 2. The smallest absolute Gasteiger partial charge is 0.330 e. The molecule has 0 unspecified atom stereocenters. The second-order valence-electron chi connectivity index (χ2n) is 34.2. The Kier molecular flexibility index (Phi) is 42.9. The summed E-state index contributed by atoms with van der Waals surface area (Å²) in [6, 6.07) is 34.7. The van der Waals surface area contributed by atoms with Gasteiger partial charge in [0.05, 0.1) is 82.0 Å². The maximum absolute atomic E-state index is 15.3. The topological polar surface area (TPSA) is 398 Å². The van der Waals surface area contributed by atoms with Crippen LogP contribution >= 0.6 is 192 Å². The van der Waals surface area contributed by atoms with Gasteiger partial charge in [0.2, 0.25) is 11.8 Å². The molecule has 15 heterocycles. The Balaban J connectivity index is 0.000000176. The van der Waals surface area contributed by atoms with Gasteiger partial charge in [-0.2, -0.15) is 31.3 Å². The molecule has 145 heavy (non-hydrogen) atoms. The molecule has 4 aromatic carbocycles. The molecule has 11 aromatic heterocycles. The molecule has 0 aliphatic carbocycles. The molecule has 30 nitrogen and oxygen atoms in total. The first-order chi connectivity index (χ1) is 68.3. The third-order valence-electron chi connectivity index (χ3n) is 20.1. The van der Waals surface area contributed by atoms with Crippen LogP contribution in [0.4, 0.5) is 29.1 Å². The van der Waals surface area contributed by atoms with E-state index in [1.54, 1.807) is 134 Å². The lowest BCUT2D eigenvalue weighted by Gasteiger charge is -2.24. The fraction of sp³-hybridized carbons (Fsp3) is 0.289. The molecule has 2 saturated heterocycles. The van der Waals surface area contributed by atoms with Crippen molar-refractivity contribution >= 4 is 314 Å². The number of nitrogens with one attached hydrogen (secondary N) is 2. The van der Waals surface area contributed by atoms with Crippen molar-refractivity contribution < 1.29 is 84.8 Å². The quantitative estimate of drug-likeness (QED) is 0.00954. The summed E-state index contributed by atoms with van der Waals surface area (Å²) < 4.78 is 84.9. The number of aliphatic carboxylic acids is 1. The molecular weight excluding hydrogens is 2430 g/mol. The molecule has 764 valence electrons. The maximum Gasteiger partial charge on any atom is 0.330 e. The molecule has 0 saturated carbocycles. The standard InChI is InChI=1S/C25H20ClF2N5O3S.C18H16ClF2NO.C12H13N3O2S.C11H13IN2O2S.C8H7N3O3S.C6H11BrO2.C6H4INS.C6H5NS.C5H3BrOS.ClH/c26-16-6-2-1-4-14(16)15-5-3-7-17(21(15)28)30-25(36)19-10-13(27)11-32(19)20(34)12-33-18-8-9-37-23(18)22(31-33)24(29)35;19-15-7-2-1-5-13(15)14-6-3-4-11(18(14)21)8-17(23)16-9-12(20)10-22-16;1-12(2,3)17-9(16)7-15-8-5-6-18-10(8)11(13-4)14-15;1-11(2,3)16-8(15)6-14-7-4-5-17-9(7)10(12)13-14;9-8(14)6-7-4(1-2-15-7)11(10-6)3-5(12)13;1-6(2,3)9-5(8)4-7;7-6-5-4(3-8-6)1-2-9-5;1-2-8-6-4-7-3-5(1)6;6-4-1-2-8-5(4)3-7;/h1-9,13,19H,10-12H2,(H2,29,35)(H,30,36);1-7,12,16,22H,8-10H2;5-6H,7H2,1-3H3;4-5H,6H2,1-3H3;1-2H,3H2,(H2,9,14)(H,12,13);4H2,1-3H3;1-2H,3H2;1-2,4H,3H2;1-3H;1H/t13-,19+;12-,16+;;;;;;;;/m11......../s1. The van der Waals surface area contributed by atoms with E-state index in [0.717, 1.165) is 57.8 Å². The van der Waals surface area contributed by atoms with Gasteiger partial charge in [-0.15, -0.1) is 80.4 Å². The first-order valence-electron chi connectivity index (χ1n) is 43.3. The van der Waals surface area contributed by atoms with Crippen LogP contribution in [0.3, 0.4) is 0 Å². The second-order valence-corrected chi connectivity index (χ2v) is 45.0. The number of nitrogens with zero attached hydrogens (tertiary/aromatic N) is 12. The van der Waals surface area contributed by atoms with Crippen LogP contribution in [-0.4, -0.2) is 178 Å². The number of anilines is 1. The normalized spacial score (nSPS) is 14.6. The molecule has 4 atom stereocenters. The van der Waals surface area contributed by atoms with Gasteiger partial charge < -0.3 is 51.2 Å². The number of primary amides is 2. The van der Waals surface area contributed by atoms with Gasteiger partial charge in [0, 0.05) is 73.7 Å². The highest BCUT2D eigenvalue weighted by Crippen LogP contribution is 2.38. The van der Waals surface area contributed by atoms with E-state index in [-0.39, 0.29) is 128 Å². The van der Waals surface area contributed by atoms with Crippen molar-refractivity contribution in [2.24, 2.45) is 21.5 Å². The number of aldehydes is 1. The highest BCUT2D eigenvalue weighted by molar-refractivity contribution is 14.1. The number of carboxylic acids is 1. The number of alkyl halides is 3. The minimum atomic E-state index is -1.43. The first kappa shape index (κ1) is 116. The first-order valence-corrected chi connectivity index (χ1v) is 54.3. The molecule has 4 aliphatic rings. The number of rotatable bonds is 19. The predicted octanol–water partition coefficient (Wildman–Crippen LogP) is 23.1. The number of Topliss-reactive ketones (excluding diaryl/α,β-unsaturated/α-hetero) is 1. The zero-order valence-corrected chi connectivity index (χ0v) is 94.0. The molecule has 15 aromatic rings. The number of likely N-dealkylation sites (tertiary alicyclic amines) is 1. The zero-order valence-electron chi connectivity index (χ0n) is 78.4. The molecule has 19 rings (SSSR count). The molecule has 2 fully saturated rings. The number of thiophene rings is 7. The summed E-state index contributed by atoms with van der Waals surface area (Å²) in [6.45, 7) is 24.9. The van der Waals surface area contributed by atoms with Crippen LogP contribution in [0.2, 0.25) is 10.0 Å². The van der Waals surface area contributed by atoms with Crippen LogP contribution in [-0.2, 0) is 93.5 Å². The summed E-state index contributed by atoms with van der Waals surface area (Å²) in [5, 5.41) is 44.9. The third kappa shape index (κ3) is 32.5. The Hall–Kier alpha value is -10.4. The highest BCUT2D eigenvalue weighted by Gasteiger charge is 2.41. The zero-order chi connectivity index (χ0) is 105. The van der Waals surface area contributed by atoms with Crippen molar-refractivity contribution in [3.05, 3.63) is 249 Å². The minimum absolute atomic E-state index is 0. The molecule has 48 heteroatoms. The molecule has 0 bridgehead atoms. The largest absolute Gasteiger partial charge is 0.480 e. The Morgan fingerprint density at radius 2 is 1.08 bits per heavy atom. The number of halogens is 11. The lowest BCUT2D eigenvalue weighted by atomic mass is 9.97. The molecule has 7 N–H and O–H groups in total. The van der Waals surface area contributed by atoms with Crippen molar-refractivity contribution in [1.82, 2.24) is 49.3 Å². The van der Waals surface area contributed by atoms with E-state index in [0.29, 0.717) is 58.6 Å². The van der Waals surface area contributed by atoms with E-state index in [1.807, 2.05) is 103 Å². The molecule has 0 radical (unpaired) electrons. The lowest BCUT2D eigenvalue weighted by molar-refractivity contribution is -0.156. The Morgan fingerprint density at radius 3 is 1.57 bits per heavy atom. The van der Waals surface area contributed by atoms with Crippen LogP contribution in [0.25, 0.3) is 68.0 Å². The van der Waals surface area contributed by atoms with Crippen LogP contribution in [0.1, 0.15) is 132 Å². The monoisotopic (exact) mass is 2520 g/mol. The van der Waals surface area contributed by atoms with Gasteiger partial charge in [0.1, 0.15) is 73.4 Å². The van der Waals surface area contributed by atoms with Gasteiger partial charge in [-0.25, -0.2) is 22.4 Å². The van der Waals surface area contributed by atoms with E-state index < -0.39 is 76.9 Å². The highest BCUT2D eigenvalue weighted by atomic mass is 127. The number of hydrogen-bond acceptors (Lipinski definition) is 27. The van der Waals surface area contributed by atoms with Gasteiger partial charge in [0.25, 0.3) is 11.8 Å². The van der Waals surface area contributed by atoms with E-state index in [4.69, 9.17) is 60.6 Å². The molecule has 0 spiro atoms. The second kappa shape index (κ2) is 53.4. The summed E-state index contributed by atoms with van der Waals surface area (Å²) in [6.07, 6.45) is 0.207. The van der Waals surface area contributed by atoms with Crippen LogP contribution in [0.15, 0.2) is 180 Å². The van der Waals surface area contributed by atoms with Gasteiger partial charge in [0.15, 0.2) is 35.8 Å². The number of benzene rings is 4. The number of carboxylic acid groups (broad SMARTS) is 1. The number of amides is 4. The fourth-order valence-electron chi connectivity index (χ4n) is 14.1. The Morgan fingerprint density at radius 1 is 0.586 bits per heavy atom. The van der Waals surface area contributed by atoms with Crippen molar-refractivity contribution in [2.45, 2.75) is 162 Å². The number of carbonyl (C=O) groups excluding carboxylic acids is 9. The average Bonchev–Trinajstić information content (AvgIpc) is 1.79. The maximum atomic E-state index is 15.3. The number of carbonyl (C=O) groups is 10. The summed E-state index contributed by atoms with van der Waals surface area (Å²) in [4.78, 5) is 132. The number of ether oxygens (including phenoxy) is 3. The molecular formula is C97H93Br2Cl3F4I2N16O14S7. The Labute approximate surface area is 917 Å². The summed E-state index contributed by atoms with van der Waals surface area (Å²) >= 11 is 33.6. The van der Waals surface area contributed by atoms with Crippen molar-refractivity contribution in [1.29, 1.82) is 0 Å². The SMILES string of the molecule is C1=NCc2ccsc21.CC(C)(C)OC(=O)CBr.CC(C)(C)OC(=O)Cn1nc(I)c2sccc21.Cl.IC1=NCc2ccsc21.NC(=O)c1nn(CC(=O)N2C[C@H](F)C[C@H]2C(=O)Nc2cccc(-c3ccccc3Cl)c2F)c2ccsc12.NC(=O)c1nn(CC(=O)O)c2ccsc12.O=C(Cc1cccc(-c2ccccc2Cl)c1F)[C@@H]1C[C@@H](F)CN1.O=Cc1sccc1Br.[C-]#[N+]c1nn(CC(=O)OC(C)(C)C)c2ccsc12. The van der Waals surface area contributed by atoms with Gasteiger partial charge in [-0.1, -0.05) is 112 Å².